The maximum absolute atomic E-state index is 14.8. The van der Waals surface area contributed by atoms with Crippen molar-refractivity contribution < 1.29 is 23.6 Å². The van der Waals surface area contributed by atoms with E-state index in [1.807, 2.05) is 12.1 Å². The highest BCUT2D eigenvalue weighted by Crippen LogP contribution is 2.55. The molecule has 0 heterocycles. The third-order valence-electron chi connectivity index (χ3n) is 6.01. The highest BCUT2D eigenvalue weighted by molar-refractivity contribution is 8.01. The second kappa shape index (κ2) is 10.0. The maximum Gasteiger partial charge on any atom is 0.249 e. The second-order valence-corrected chi connectivity index (χ2v) is 12.4. The molecule has 0 saturated carbocycles. The minimum absolute atomic E-state index is 0.0106. The third kappa shape index (κ3) is 4.80. The van der Waals surface area contributed by atoms with Crippen molar-refractivity contribution in [2.75, 3.05) is 14.2 Å². The number of aryl methyl sites for hydroxylation is 2. The summed E-state index contributed by atoms with van der Waals surface area (Å²) in [5.74, 6) is 0.133. The molecule has 0 fully saturated rings. The zero-order chi connectivity index (χ0) is 26.1. The predicted molar refractivity (Wildman–Crippen MR) is 142 cm³/mol. The van der Waals surface area contributed by atoms with E-state index in [9.17, 15) is 14.2 Å². The lowest BCUT2D eigenvalue weighted by atomic mass is 9.84. The summed E-state index contributed by atoms with van der Waals surface area (Å²) in [4.78, 5) is 28.3. The first-order valence-electron chi connectivity index (χ1n) is 11.2. The van der Waals surface area contributed by atoms with Crippen LogP contribution in [0.4, 0.5) is 0 Å². The van der Waals surface area contributed by atoms with E-state index in [4.69, 9.17) is 21.1 Å². The number of rotatable bonds is 7. The number of hydrogen-bond acceptors (Lipinski definition) is 5. The number of methoxy groups -OCH3 is 2. The van der Waals surface area contributed by atoms with Gasteiger partial charge in [0.1, 0.15) is 11.3 Å². The van der Waals surface area contributed by atoms with Crippen LogP contribution in [0.15, 0.2) is 54.6 Å². The van der Waals surface area contributed by atoms with Gasteiger partial charge in [0.15, 0.2) is 5.75 Å². The molecule has 0 spiro atoms. The Kier molecular flexibility index (Phi) is 7.64. The molecule has 0 aliphatic carbocycles. The van der Waals surface area contributed by atoms with Crippen LogP contribution in [0.3, 0.4) is 0 Å². The number of hydrogen-bond donors (Lipinski definition) is 0. The topological polar surface area (TPSA) is 69.7 Å². The number of halogens is 1. The smallest absolute Gasteiger partial charge is 0.249 e. The Morgan fingerprint density at radius 1 is 0.829 bits per heavy atom. The number of benzene rings is 3. The lowest BCUT2D eigenvalue weighted by Crippen LogP contribution is -2.23. The van der Waals surface area contributed by atoms with Gasteiger partial charge in [0.2, 0.25) is 18.2 Å². The van der Waals surface area contributed by atoms with Crippen molar-refractivity contribution in [3.05, 3.63) is 87.4 Å². The molecule has 0 bridgehead atoms. The van der Waals surface area contributed by atoms with Gasteiger partial charge in [0.05, 0.1) is 19.2 Å². The minimum Gasteiger partial charge on any atom is -0.496 e. The van der Waals surface area contributed by atoms with Crippen molar-refractivity contribution in [2.24, 2.45) is 0 Å². The second-order valence-electron chi connectivity index (χ2n) is 9.45. The standard InChI is InChI=1S/C28H30ClO5P/c1-17-15-19(28(3,4)5)16-18(2)23(17)26(30)35(32,20-11-9-8-10-12-20)27(31)24-22(33-6)14-13-21(29)25(24)34-7/h8-16H,1-7H3. The predicted octanol–water partition coefficient (Wildman–Crippen LogP) is 6.94. The van der Waals surface area contributed by atoms with Crippen LogP contribution in [0, 0.1) is 13.8 Å². The Labute approximate surface area is 211 Å². The summed E-state index contributed by atoms with van der Waals surface area (Å²) < 4.78 is 25.6. The molecule has 1 unspecified atom stereocenters. The summed E-state index contributed by atoms with van der Waals surface area (Å²) in [6, 6.07) is 15.0. The summed E-state index contributed by atoms with van der Waals surface area (Å²) in [5, 5.41) is 0.281. The van der Waals surface area contributed by atoms with Crippen LogP contribution in [0.25, 0.3) is 0 Å². The maximum atomic E-state index is 14.8. The highest BCUT2D eigenvalue weighted by atomic mass is 35.5. The molecule has 35 heavy (non-hydrogen) atoms. The Balaban J connectivity index is 2.34. The Morgan fingerprint density at radius 2 is 1.37 bits per heavy atom. The van der Waals surface area contributed by atoms with Crippen molar-refractivity contribution >= 4 is 35.1 Å². The van der Waals surface area contributed by atoms with Crippen molar-refractivity contribution in [3.63, 3.8) is 0 Å². The highest BCUT2D eigenvalue weighted by Gasteiger charge is 2.46. The average Bonchev–Trinajstić information content (AvgIpc) is 2.82. The van der Waals surface area contributed by atoms with Crippen LogP contribution < -0.4 is 14.8 Å². The molecule has 5 nitrogen and oxygen atoms in total. The molecular formula is C28H30ClO5P. The molecule has 0 N–H and O–H groups in total. The molecule has 1 atom stereocenters. The van der Waals surface area contributed by atoms with E-state index in [1.165, 1.54) is 38.5 Å². The summed E-state index contributed by atoms with van der Waals surface area (Å²) in [5.41, 5.74) is 0.767. The molecule has 0 saturated heterocycles. The molecule has 0 aromatic heterocycles. The van der Waals surface area contributed by atoms with Crippen LogP contribution in [0.1, 0.15) is 58.2 Å². The first-order chi connectivity index (χ1) is 16.4. The van der Waals surface area contributed by atoms with E-state index in [1.54, 1.807) is 32.0 Å². The molecule has 3 aromatic rings. The summed E-state index contributed by atoms with van der Waals surface area (Å²) in [7, 11) is -1.67. The van der Waals surface area contributed by atoms with Gasteiger partial charge in [-0.05, 0) is 48.1 Å². The largest absolute Gasteiger partial charge is 0.496 e. The van der Waals surface area contributed by atoms with Crippen LogP contribution in [-0.2, 0) is 9.98 Å². The average molecular weight is 513 g/mol. The van der Waals surface area contributed by atoms with Crippen LogP contribution >= 0.6 is 18.7 Å². The number of carbonyl (C=O) groups is 2. The quantitative estimate of drug-likeness (QED) is 0.321. The van der Waals surface area contributed by atoms with Crippen LogP contribution in [0.5, 0.6) is 11.5 Å². The van der Waals surface area contributed by atoms with Crippen LogP contribution in [0.2, 0.25) is 5.02 Å². The van der Waals surface area contributed by atoms with E-state index >= 15 is 0 Å². The van der Waals surface area contributed by atoms with Gasteiger partial charge in [0.25, 0.3) is 0 Å². The van der Waals surface area contributed by atoms with Gasteiger partial charge in [-0.1, -0.05) is 74.8 Å². The molecule has 0 radical (unpaired) electrons. The molecule has 0 aliphatic rings. The van der Waals surface area contributed by atoms with E-state index in [2.05, 4.69) is 20.8 Å². The van der Waals surface area contributed by atoms with Gasteiger partial charge in [-0.25, -0.2) is 0 Å². The Bertz CT molecular complexity index is 1320. The van der Waals surface area contributed by atoms with Crippen molar-refractivity contribution in [1.29, 1.82) is 0 Å². The fourth-order valence-corrected chi connectivity index (χ4v) is 6.80. The molecule has 184 valence electrons. The summed E-state index contributed by atoms with van der Waals surface area (Å²) >= 11 is 6.30. The van der Waals surface area contributed by atoms with Gasteiger partial charge in [-0.15, -0.1) is 0 Å². The minimum atomic E-state index is -4.40. The Hall–Kier alpha value is -2.88. The molecule has 7 heteroatoms. The first-order valence-corrected chi connectivity index (χ1v) is 13.2. The van der Waals surface area contributed by atoms with Crippen LogP contribution in [-0.4, -0.2) is 25.3 Å². The number of ether oxygens (including phenoxy) is 2. The Morgan fingerprint density at radius 3 is 1.86 bits per heavy atom. The number of carbonyl (C=O) groups excluding carboxylic acids is 2. The fourth-order valence-electron chi connectivity index (χ4n) is 4.12. The fraction of sp³-hybridized carbons (Fsp3) is 0.286. The van der Waals surface area contributed by atoms with Crippen molar-refractivity contribution in [1.82, 2.24) is 0 Å². The van der Waals surface area contributed by atoms with Gasteiger partial charge in [0, 0.05) is 10.9 Å². The summed E-state index contributed by atoms with van der Waals surface area (Å²) in [6.45, 7) is 9.85. The van der Waals surface area contributed by atoms with Crippen molar-refractivity contribution in [2.45, 2.75) is 40.0 Å². The van der Waals surface area contributed by atoms with E-state index in [0.29, 0.717) is 11.1 Å². The lowest BCUT2D eigenvalue weighted by Gasteiger charge is -2.24. The monoisotopic (exact) mass is 512 g/mol. The molecule has 3 rings (SSSR count). The normalized spacial score (nSPS) is 13.1. The molecule has 0 aliphatic heterocycles. The first kappa shape index (κ1) is 26.7. The van der Waals surface area contributed by atoms with Gasteiger partial charge in [-0.2, -0.15) is 0 Å². The zero-order valence-electron chi connectivity index (χ0n) is 21.1. The van der Waals surface area contributed by atoms with Crippen molar-refractivity contribution in [3.8, 4) is 11.5 Å². The molecule has 0 amide bonds. The van der Waals surface area contributed by atoms with Gasteiger partial charge in [-0.3, -0.25) is 9.59 Å². The molecule has 3 aromatic carbocycles. The molecular weight excluding hydrogens is 483 g/mol. The summed E-state index contributed by atoms with van der Waals surface area (Å²) in [6.07, 6.45) is 0. The van der Waals surface area contributed by atoms with E-state index < -0.39 is 18.2 Å². The third-order valence-corrected chi connectivity index (χ3v) is 8.93. The van der Waals surface area contributed by atoms with E-state index in [-0.39, 0.29) is 38.4 Å². The lowest BCUT2D eigenvalue weighted by molar-refractivity contribution is 0.103. The van der Waals surface area contributed by atoms with E-state index in [0.717, 1.165) is 5.56 Å². The SMILES string of the molecule is COc1ccc(Cl)c(OC)c1C(=O)P(=O)(C(=O)c1c(C)cc(C(C)(C)C)cc1C)c1ccccc1. The zero-order valence-corrected chi connectivity index (χ0v) is 22.7. The van der Waals surface area contributed by atoms with Gasteiger partial charge < -0.3 is 14.0 Å². The van der Waals surface area contributed by atoms with Gasteiger partial charge >= 0.3 is 0 Å².